The molecule has 0 aliphatic carbocycles. The Morgan fingerprint density at radius 1 is 1.39 bits per heavy atom. The molecule has 0 atom stereocenters. The van der Waals surface area contributed by atoms with Crippen LogP contribution in [0.4, 0.5) is 0 Å². The van der Waals surface area contributed by atoms with Crippen molar-refractivity contribution >= 4 is 21.8 Å². The van der Waals surface area contributed by atoms with Crippen LogP contribution in [-0.4, -0.2) is 32.3 Å². The van der Waals surface area contributed by atoms with E-state index in [0.717, 1.165) is 4.47 Å². The molecule has 0 saturated heterocycles. The molecule has 0 aliphatic heterocycles. The first kappa shape index (κ1) is 15.0. The van der Waals surface area contributed by atoms with Crippen molar-refractivity contribution < 1.29 is 14.3 Å². The van der Waals surface area contributed by atoms with Crippen LogP contribution in [0.3, 0.4) is 0 Å². The lowest BCUT2D eigenvalue weighted by Gasteiger charge is -2.23. The van der Waals surface area contributed by atoms with Gasteiger partial charge in [-0.25, -0.2) is 0 Å². The second kappa shape index (κ2) is 6.20. The molecule has 0 bridgehead atoms. The minimum Gasteiger partial charge on any atom is -0.496 e. The molecule has 0 spiro atoms. The van der Waals surface area contributed by atoms with Gasteiger partial charge in [0.15, 0.2) is 0 Å². The van der Waals surface area contributed by atoms with Gasteiger partial charge in [0, 0.05) is 19.2 Å². The van der Waals surface area contributed by atoms with Gasteiger partial charge in [0.25, 0.3) is 5.91 Å². The van der Waals surface area contributed by atoms with E-state index in [0.29, 0.717) is 17.9 Å². The van der Waals surface area contributed by atoms with Gasteiger partial charge in [-0.2, -0.15) is 0 Å². The van der Waals surface area contributed by atoms with Gasteiger partial charge in [-0.05, 0) is 48.0 Å². The Kier molecular flexibility index (Phi) is 5.16. The summed E-state index contributed by atoms with van der Waals surface area (Å²) in [5.74, 6) is 0.562. The van der Waals surface area contributed by atoms with E-state index in [4.69, 9.17) is 9.47 Å². The Morgan fingerprint density at radius 2 is 2.06 bits per heavy atom. The zero-order valence-corrected chi connectivity index (χ0v) is 12.6. The van der Waals surface area contributed by atoms with E-state index in [2.05, 4.69) is 21.2 Å². The predicted octanol–water partition coefficient (Wildman–Crippen LogP) is 2.61. The third kappa shape index (κ3) is 3.99. The number of amides is 1. The second-order valence-corrected chi connectivity index (χ2v) is 5.35. The van der Waals surface area contributed by atoms with Crippen molar-refractivity contribution in [1.29, 1.82) is 0 Å². The molecule has 0 saturated carbocycles. The third-order valence-corrected chi connectivity index (χ3v) is 3.26. The Hall–Kier alpha value is -1.07. The zero-order chi connectivity index (χ0) is 13.8. The molecular weight excluding hydrogens is 298 g/mol. The first-order chi connectivity index (χ1) is 8.39. The quantitative estimate of drug-likeness (QED) is 0.908. The van der Waals surface area contributed by atoms with E-state index in [1.54, 1.807) is 32.4 Å². The first-order valence-electron chi connectivity index (χ1n) is 5.56. The molecule has 1 aromatic rings. The molecule has 1 rings (SSSR count). The van der Waals surface area contributed by atoms with Crippen LogP contribution in [-0.2, 0) is 4.74 Å². The van der Waals surface area contributed by atoms with Crippen LogP contribution < -0.4 is 10.1 Å². The lowest BCUT2D eigenvalue weighted by atomic mass is 10.1. The minimum atomic E-state index is -0.376. The summed E-state index contributed by atoms with van der Waals surface area (Å²) in [6.45, 7) is 4.28. The van der Waals surface area contributed by atoms with Crippen LogP contribution in [0.2, 0.25) is 0 Å². The van der Waals surface area contributed by atoms with Gasteiger partial charge >= 0.3 is 0 Å². The van der Waals surface area contributed by atoms with Crippen LogP contribution in [0.25, 0.3) is 0 Å². The smallest absolute Gasteiger partial charge is 0.251 e. The van der Waals surface area contributed by atoms with E-state index in [1.165, 1.54) is 0 Å². The molecule has 0 heterocycles. The Labute approximate surface area is 116 Å². The molecule has 0 radical (unpaired) electrons. The highest BCUT2D eigenvalue weighted by molar-refractivity contribution is 9.10. The molecule has 18 heavy (non-hydrogen) atoms. The van der Waals surface area contributed by atoms with Gasteiger partial charge in [-0.3, -0.25) is 4.79 Å². The number of carbonyl (C=O) groups excluding carboxylic acids is 1. The normalized spacial score (nSPS) is 11.2. The largest absolute Gasteiger partial charge is 0.496 e. The SMILES string of the molecule is COc1ccc(C(=O)NCC(C)(C)OC)cc1Br. The number of ether oxygens (including phenoxy) is 2. The van der Waals surface area contributed by atoms with Gasteiger partial charge < -0.3 is 14.8 Å². The van der Waals surface area contributed by atoms with Crippen molar-refractivity contribution in [3.05, 3.63) is 28.2 Å². The number of carbonyl (C=O) groups is 1. The van der Waals surface area contributed by atoms with Crippen molar-refractivity contribution in [1.82, 2.24) is 5.32 Å². The molecular formula is C13H18BrNO3. The molecule has 0 aliphatic rings. The van der Waals surface area contributed by atoms with Crippen molar-refractivity contribution in [3.63, 3.8) is 0 Å². The van der Waals surface area contributed by atoms with Gasteiger partial charge in [0.2, 0.25) is 0 Å². The lowest BCUT2D eigenvalue weighted by molar-refractivity contribution is 0.0229. The van der Waals surface area contributed by atoms with Gasteiger partial charge in [-0.15, -0.1) is 0 Å². The maximum atomic E-state index is 11.9. The standard InChI is InChI=1S/C13H18BrNO3/c1-13(2,18-4)8-15-12(16)9-5-6-11(17-3)10(14)7-9/h5-7H,8H2,1-4H3,(H,15,16). The topological polar surface area (TPSA) is 47.6 Å². The van der Waals surface area contributed by atoms with Gasteiger partial charge in [-0.1, -0.05) is 0 Å². The fraction of sp³-hybridized carbons (Fsp3) is 0.462. The van der Waals surface area contributed by atoms with Crippen molar-refractivity contribution in [2.24, 2.45) is 0 Å². The van der Waals surface area contributed by atoms with Crippen LogP contribution >= 0.6 is 15.9 Å². The molecule has 0 fully saturated rings. The minimum absolute atomic E-state index is 0.136. The number of hydrogen-bond donors (Lipinski definition) is 1. The molecule has 1 aromatic carbocycles. The van der Waals surface area contributed by atoms with Crippen molar-refractivity contribution in [2.45, 2.75) is 19.4 Å². The lowest BCUT2D eigenvalue weighted by Crippen LogP contribution is -2.39. The first-order valence-corrected chi connectivity index (χ1v) is 6.36. The molecule has 1 N–H and O–H groups in total. The number of benzene rings is 1. The van der Waals surface area contributed by atoms with E-state index in [1.807, 2.05) is 13.8 Å². The summed E-state index contributed by atoms with van der Waals surface area (Å²) >= 11 is 3.35. The summed E-state index contributed by atoms with van der Waals surface area (Å²) in [6.07, 6.45) is 0. The Balaban J connectivity index is 2.71. The van der Waals surface area contributed by atoms with Crippen LogP contribution in [0.15, 0.2) is 22.7 Å². The third-order valence-electron chi connectivity index (χ3n) is 2.64. The van der Waals surface area contributed by atoms with Gasteiger partial charge in [0.1, 0.15) is 5.75 Å². The summed E-state index contributed by atoms with van der Waals surface area (Å²) in [4.78, 5) is 11.9. The zero-order valence-electron chi connectivity index (χ0n) is 11.0. The Morgan fingerprint density at radius 3 is 2.56 bits per heavy atom. The maximum Gasteiger partial charge on any atom is 0.251 e. The Bertz CT molecular complexity index is 432. The van der Waals surface area contributed by atoms with E-state index < -0.39 is 0 Å². The summed E-state index contributed by atoms with van der Waals surface area (Å²) < 4.78 is 11.1. The monoisotopic (exact) mass is 315 g/mol. The highest BCUT2D eigenvalue weighted by Crippen LogP contribution is 2.25. The fourth-order valence-corrected chi connectivity index (χ4v) is 1.82. The van der Waals surface area contributed by atoms with Crippen molar-refractivity contribution in [2.75, 3.05) is 20.8 Å². The van der Waals surface area contributed by atoms with Crippen LogP contribution in [0, 0.1) is 0 Å². The average molecular weight is 316 g/mol. The number of nitrogens with one attached hydrogen (secondary N) is 1. The number of methoxy groups -OCH3 is 2. The number of halogens is 1. The fourth-order valence-electron chi connectivity index (χ4n) is 1.27. The van der Waals surface area contributed by atoms with Crippen LogP contribution in [0.5, 0.6) is 5.75 Å². The van der Waals surface area contributed by atoms with Crippen LogP contribution in [0.1, 0.15) is 24.2 Å². The predicted molar refractivity (Wildman–Crippen MR) is 74.1 cm³/mol. The molecule has 100 valence electrons. The highest BCUT2D eigenvalue weighted by atomic mass is 79.9. The second-order valence-electron chi connectivity index (χ2n) is 4.50. The highest BCUT2D eigenvalue weighted by Gasteiger charge is 2.18. The summed E-state index contributed by atoms with van der Waals surface area (Å²) in [7, 11) is 3.21. The maximum absolute atomic E-state index is 11.9. The van der Waals surface area contributed by atoms with E-state index in [-0.39, 0.29) is 11.5 Å². The summed E-state index contributed by atoms with van der Waals surface area (Å²) in [6, 6.07) is 5.20. The molecule has 1 amide bonds. The van der Waals surface area contributed by atoms with Crippen molar-refractivity contribution in [3.8, 4) is 5.75 Å². The van der Waals surface area contributed by atoms with Gasteiger partial charge in [0.05, 0.1) is 17.2 Å². The molecule has 4 nitrogen and oxygen atoms in total. The number of rotatable bonds is 5. The molecule has 0 unspecified atom stereocenters. The summed E-state index contributed by atoms with van der Waals surface area (Å²) in [5, 5.41) is 2.83. The number of hydrogen-bond acceptors (Lipinski definition) is 3. The average Bonchev–Trinajstić information content (AvgIpc) is 2.36. The molecule has 0 aromatic heterocycles. The summed E-state index contributed by atoms with van der Waals surface area (Å²) in [5.41, 5.74) is 0.203. The van der Waals surface area contributed by atoms with E-state index in [9.17, 15) is 4.79 Å². The molecule has 5 heteroatoms. The van der Waals surface area contributed by atoms with E-state index >= 15 is 0 Å².